The van der Waals surface area contributed by atoms with Gasteiger partial charge in [0, 0.05) is 31.4 Å². The number of rotatable bonds is 5. The molecule has 0 atom stereocenters. The van der Waals surface area contributed by atoms with E-state index in [4.69, 9.17) is 11.6 Å². The van der Waals surface area contributed by atoms with Crippen molar-refractivity contribution in [1.29, 1.82) is 0 Å². The summed E-state index contributed by atoms with van der Waals surface area (Å²) in [6.07, 6.45) is 6.58. The lowest BCUT2D eigenvalue weighted by molar-refractivity contribution is 0.617. The Hall–Kier alpha value is -1.33. The van der Waals surface area contributed by atoms with Crippen molar-refractivity contribution in [3.63, 3.8) is 0 Å². The smallest absolute Gasteiger partial charge is 0.0866 e. The molecule has 5 nitrogen and oxygen atoms in total. The van der Waals surface area contributed by atoms with Crippen molar-refractivity contribution in [2.45, 2.75) is 38.9 Å². The zero-order chi connectivity index (χ0) is 13.4. The molecular weight excluding hydrogens is 262 g/mol. The Labute approximate surface area is 117 Å². The van der Waals surface area contributed by atoms with E-state index in [0.717, 1.165) is 29.0 Å². The van der Waals surface area contributed by atoms with Crippen molar-refractivity contribution in [1.82, 2.24) is 24.9 Å². The molecule has 2 aromatic rings. The zero-order valence-electron chi connectivity index (χ0n) is 11.2. The molecule has 1 saturated carbocycles. The first-order valence-electron chi connectivity index (χ1n) is 6.56. The quantitative estimate of drug-likeness (QED) is 0.909. The first kappa shape index (κ1) is 12.7. The maximum atomic E-state index is 6.24. The molecule has 0 amide bonds. The summed E-state index contributed by atoms with van der Waals surface area (Å²) in [5, 5.41) is 12.9. The summed E-state index contributed by atoms with van der Waals surface area (Å²) in [6.45, 7) is 3.46. The number of aryl methyl sites for hydroxylation is 2. The first-order chi connectivity index (χ1) is 9.13. The standard InChI is InChI=1S/C13H18ClN5/c1-9-13(14)12(18(2)17-9)8-19-7-10(6-16-19)5-15-11-3-4-11/h6-7,11,15H,3-5,8H2,1-2H3. The van der Waals surface area contributed by atoms with Crippen molar-refractivity contribution >= 4 is 11.6 Å². The van der Waals surface area contributed by atoms with Gasteiger partial charge in [0.25, 0.3) is 0 Å². The van der Waals surface area contributed by atoms with Gasteiger partial charge in [-0.15, -0.1) is 0 Å². The Balaban J connectivity index is 1.68. The molecule has 1 aliphatic carbocycles. The summed E-state index contributed by atoms with van der Waals surface area (Å²) in [6, 6.07) is 0.720. The lowest BCUT2D eigenvalue weighted by atomic mass is 10.3. The summed E-state index contributed by atoms with van der Waals surface area (Å²) in [5.41, 5.74) is 3.06. The van der Waals surface area contributed by atoms with Crippen LogP contribution in [0.4, 0.5) is 0 Å². The van der Waals surface area contributed by atoms with Gasteiger partial charge in [-0.1, -0.05) is 11.6 Å². The fraction of sp³-hybridized carbons (Fsp3) is 0.538. The van der Waals surface area contributed by atoms with Gasteiger partial charge in [-0.3, -0.25) is 9.36 Å². The van der Waals surface area contributed by atoms with Crippen LogP contribution in [0, 0.1) is 6.92 Å². The summed E-state index contributed by atoms with van der Waals surface area (Å²) in [7, 11) is 1.91. The van der Waals surface area contributed by atoms with Crippen LogP contribution in [-0.2, 0) is 20.1 Å². The first-order valence-corrected chi connectivity index (χ1v) is 6.94. The highest BCUT2D eigenvalue weighted by atomic mass is 35.5. The molecule has 2 aromatic heterocycles. The molecule has 0 radical (unpaired) electrons. The summed E-state index contributed by atoms with van der Waals surface area (Å²) >= 11 is 6.24. The molecule has 0 aromatic carbocycles. The second-order valence-electron chi connectivity index (χ2n) is 5.17. The minimum absolute atomic E-state index is 0.652. The topological polar surface area (TPSA) is 47.7 Å². The van der Waals surface area contributed by atoms with Gasteiger partial charge < -0.3 is 5.32 Å². The van der Waals surface area contributed by atoms with Crippen molar-refractivity contribution in [3.8, 4) is 0 Å². The second-order valence-corrected chi connectivity index (χ2v) is 5.55. The molecule has 0 bridgehead atoms. The van der Waals surface area contributed by atoms with Crippen LogP contribution in [0.5, 0.6) is 0 Å². The van der Waals surface area contributed by atoms with E-state index in [1.165, 1.54) is 18.4 Å². The predicted molar refractivity (Wildman–Crippen MR) is 74.1 cm³/mol. The summed E-state index contributed by atoms with van der Waals surface area (Å²) < 4.78 is 3.73. The van der Waals surface area contributed by atoms with Crippen LogP contribution in [-0.4, -0.2) is 25.6 Å². The van der Waals surface area contributed by atoms with Crippen LogP contribution in [0.3, 0.4) is 0 Å². The summed E-state index contributed by atoms with van der Waals surface area (Å²) in [4.78, 5) is 0. The monoisotopic (exact) mass is 279 g/mol. The molecule has 0 aliphatic heterocycles. The van der Waals surface area contributed by atoms with Crippen molar-refractivity contribution < 1.29 is 0 Å². The zero-order valence-corrected chi connectivity index (χ0v) is 12.0. The highest BCUT2D eigenvalue weighted by Crippen LogP contribution is 2.21. The highest BCUT2D eigenvalue weighted by Gasteiger charge is 2.20. The second kappa shape index (κ2) is 4.98. The third-order valence-electron chi connectivity index (χ3n) is 3.43. The Morgan fingerprint density at radius 1 is 1.47 bits per heavy atom. The third kappa shape index (κ3) is 2.82. The maximum Gasteiger partial charge on any atom is 0.0866 e. The van der Waals surface area contributed by atoms with Crippen LogP contribution in [0.25, 0.3) is 0 Å². The van der Waals surface area contributed by atoms with E-state index < -0.39 is 0 Å². The van der Waals surface area contributed by atoms with E-state index in [9.17, 15) is 0 Å². The number of nitrogens with one attached hydrogen (secondary N) is 1. The summed E-state index contributed by atoms with van der Waals surface area (Å²) in [5.74, 6) is 0. The van der Waals surface area contributed by atoms with Crippen molar-refractivity contribution in [3.05, 3.63) is 34.4 Å². The Morgan fingerprint density at radius 2 is 2.26 bits per heavy atom. The molecule has 1 N–H and O–H groups in total. The molecule has 6 heteroatoms. The average molecular weight is 280 g/mol. The van der Waals surface area contributed by atoms with Crippen molar-refractivity contribution in [2.75, 3.05) is 0 Å². The van der Waals surface area contributed by atoms with Gasteiger partial charge in [0.05, 0.1) is 29.2 Å². The number of aromatic nitrogens is 4. The van der Waals surface area contributed by atoms with Gasteiger partial charge >= 0.3 is 0 Å². The Bertz CT molecular complexity index is 582. The molecule has 1 aliphatic rings. The van der Waals surface area contributed by atoms with Crippen LogP contribution in [0.2, 0.25) is 5.02 Å². The van der Waals surface area contributed by atoms with Gasteiger partial charge in [0.1, 0.15) is 0 Å². The molecule has 102 valence electrons. The van der Waals surface area contributed by atoms with E-state index in [0.29, 0.717) is 6.54 Å². The highest BCUT2D eigenvalue weighted by molar-refractivity contribution is 6.31. The van der Waals surface area contributed by atoms with Gasteiger partial charge in [-0.25, -0.2) is 0 Å². The average Bonchev–Trinajstić information content (AvgIpc) is 3.06. The number of halogens is 1. The minimum Gasteiger partial charge on any atom is -0.310 e. The number of nitrogens with zero attached hydrogens (tertiary/aromatic N) is 4. The fourth-order valence-electron chi connectivity index (χ4n) is 2.14. The third-order valence-corrected chi connectivity index (χ3v) is 3.92. The predicted octanol–water partition coefficient (Wildman–Crippen LogP) is 1.88. The lowest BCUT2D eigenvalue weighted by Gasteiger charge is -2.03. The Morgan fingerprint density at radius 3 is 2.89 bits per heavy atom. The lowest BCUT2D eigenvalue weighted by Crippen LogP contribution is -2.14. The molecule has 19 heavy (non-hydrogen) atoms. The van der Waals surface area contributed by atoms with Gasteiger partial charge in [0.15, 0.2) is 0 Å². The van der Waals surface area contributed by atoms with E-state index >= 15 is 0 Å². The van der Waals surface area contributed by atoms with Gasteiger partial charge in [-0.05, 0) is 19.8 Å². The minimum atomic E-state index is 0.652. The van der Waals surface area contributed by atoms with E-state index in [2.05, 4.69) is 21.7 Å². The molecular formula is C13H18ClN5. The van der Waals surface area contributed by atoms with E-state index in [1.807, 2.05) is 29.5 Å². The molecule has 2 heterocycles. The van der Waals surface area contributed by atoms with Crippen LogP contribution >= 0.6 is 11.6 Å². The molecule has 0 saturated heterocycles. The molecule has 1 fully saturated rings. The molecule has 0 unspecified atom stereocenters. The Kier molecular flexibility index (Phi) is 3.33. The van der Waals surface area contributed by atoms with E-state index in [-0.39, 0.29) is 0 Å². The SMILES string of the molecule is Cc1nn(C)c(Cn2cc(CNC3CC3)cn2)c1Cl. The van der Waals surface area contributed by atoms with Gasteiger partial charge in [0.2, 0.25) is 0 Å². The van der Waals surface area contributed by atoms with Crippen LogP contribution < -0.4 is 5.32 Å². The number of hydrogen-bond donors (Lipinski definition) is 1. The largest absolute Gasteiger partial charge is 0.310 e. The molecule has 3 rings (SSSR count). The van der Waals surface area contributed by atoms with E-state index in [1.54, 1.807) is 0 Å². The van der Waals surface area contributed by atoms with Gasteiger partial charge in [-0.2, -0.15) is 10.2 Å². The normalized spacial score (nSPS) is 15.1. The maximum absolute atomic E-state index is 6.24. The molecule has 0 spiro atoms. The van der Waals surface area contributed by atoms with Crippen LogP contribution in [0.15, 0.2) is 12.4 Å². The van der Waals surface area contributed by atoms with Crippen LogP contribution in [0.1, 0.15) is 29.8 Å². The fourth-order valence-corrected chi connectivity index (χ4v) is 2.36. The number of hydrogen-bond acceptors (Lipinski definition) is 3. The van der Waals surface area contributed by atoms with Crippen molar-refractivity contribution in [2.24, 2.45) is 7.05 Å².